The minimum Gasteiger partial charge on any atom is -0.328 e. The molecule has 0 aromatic carbocycles. The Morgan fingerprint density at radius 3 is 0.909 bits per heavy atom. The number of nitrogens with two attached hydrogens (primary N) is 2. The van der Waals surface area contributed by atoms with E-state index in [1.807, 2.05) is 0 Å². The number of thioether (sulfide) groups is 2. The van der Waals surface area contributed by atoms with Crippen LogP contribution >= 0.6 is 23.5 Å². The Kier molecular flexibility index (Phi) is 6.85. The molecule has 0 spiro atoms. The fourth-order valence-electron chi connectivity index (χ4n) is 4.30. The van der Waals surface area contributed by atoms with Gasteiger partial charge in [-0.15, -0.1) is 0 Å². The molecule has 3 aliphatic carbocycles. The van der Waals surface area contributed by atoms with Crippen LogP contribution in [0.4, 0.5) is 0 Å². The molecule has 0 atom stereocenters. The summed E-state index contributed by atoms with van der Waals surface area (Å²) in [7, 11) is 0. The molecule has 0 unspecified atom stereocenters. The molecule has 0 saturated heterocycles. The third-order valence-electron chi connectivity index (χ3n) is 5.83. The first-order valence-electron chi connectivity index (χ1n) is 9.51. The molecule has 3 rings (SSSR count). The molecule has 0 heterocycles. The van der Waals surface area contributed by atoms with E-state index in [1.54, 1.807) is 0 Å². The zero-order chi connectivity index (χ0) is 15.4. The second kappa shape index (κ2) is 8.64. The van der Waals surface area contributed by atoms with Crippen LogP contribution in [-0.4, -0.2) is 33.1 Å². The van der Waals surface area contributed by atoms with Gasteiger partial charge < -0.3 is 11.5 Å². The lowest BCUT2D eigenvalue weighted by molar-refractivity contribution is 0.443. The predicted molar refractivity (Wildman–Crippen MR) is 102 cm³/mol. The van der Waals surface area contributed by atoms with Crippen LogP contribution < -0.4 is 11.5 Å². The van der Waals surface area contributed by atoms with Gasteiger partial charge in [0.1, 0.15) is 0 Å². The third-order valence-corrected chi connectivity index (χ3v) is 9.25. The van der Waals surface area contributed by atoms with Gasteiger partial charge in [-0.2, -0.15) is 23.5 Å². The van der Waals surface area contributed by atoms with E-state index in [0.717, 1.165) is 21.0 Å². The highest BCUT2D eigenvalue weighted by Gasteiger charge is 2.29. The van der Waals surface area contributed by atoms with Crippen molar-refractivity contribution in [2.24, 2.45) is 11.5 Å². The van der Waals surface area contributed by atoms with Crippen molar-refractivity contribution in [2.45, 2.75) is 110 Å². The second-order valence-corrected chi connectivity index (χ2v) is 11.0. The average molecular weight is 343 g/mol. The molecule has 0 aromatic rings. The van der Waals surface area contributed by atoms with Crippen LogP contribution in [0.1, 0.15) is 77.0 Å². The first kappa shape index (κ1) is 17.4. The lowest BCUT2D eigenvalue weighted by Crippen LogP contribution is -2.30. The van der Waals surface area contributed by atoms with E-state index in [0.29, 0.717) is 12.1 Å². The molecular weight excluding hydrogens is 308 g/mol. The van der Waals surface area contributed by atoms with Crippen molar-refractivity contribution in [3.63, 3.8) is 0 Å². The molecule has 4 heteroatoms. The molecule has 4 N–H and O–H groups in total. The van der Waals surface area contributed by atoms with Crippen molar-refractivity contribution in [3.8, 4) is 0 Å². The van der Waals surface area contributed by atoms with Crippen LogP contribution in [0.3, 0.4) is 0 Å². The molecule has 3 fully saturated rings. The first-order chi connectivity index (χ1) is 10.7. The Morgan fingerprint density at radius 2 is 0.636 bits per heavy atom. The molecule has 0 amide bonds. The van der Waals surface area contributed by atoms with E-state index >= 15 is 0 Å². The Balaban J connectivity index is 1.32. The molecule has 0 radical (unpaired) electrons. The molecule has 3 aliphatic rings. The molecule has 3 saturated carbocycles. The second-order valence-electron chi connectivity index (χ2n) is 7.74. The summed E-state index contributed by atoms with van der Waals surface area (Å²) >= 11 is 4.62. The van der Waals surface area contributed by atoms with Gasteiger partial charge in [-0.25, -0.2) is 0 Å². The summed E-state index contributed by atoms with van der Waals surface area (Å²) in [5.41, 5.74) is 12.1. The number of rotatable bonds is 4. The van der Waals surface area contributed by atoms with Crippen LogP contribution in [0.2, 0.25) is 0 Å². The van der Waals surface area contributed by atoms with Gasteiger partial charge in [-0.3, -0.25) is 0 Å². The molecule has 128 valence electrons. The van der Waals surface area contributed by atoms with Crippen molar-refractivity contribution in [1.29, 1.82) is 0 Å². The van der Waals surface area contributed by atoms with E-state index in [2.05, 4.69) is 23.5 Å². The smallest absolute Gasteiger partial charge is 0.00509 e. The summed E-state index contributed by atoms with van der Waals surface area (Å²) in [6, 6.07) is 0.986. The summed E-state index contributed by atoms with van der Waals surface area (Å²) in [6.45, 7) is 0. The summed E-state index contributed by atoms with van der Waals surface area (Å²) in [5, 5.41) is 3.70. The molecule has 0 aliphatic heterocycles. The zero-order valence-corrected chi connectivity index (χ0v) is 15.6. The average Bonchev–Trinajstić information content (AvgIpc) is 2.54. The monoisotopic (exact) mass is 342 g/mol. The van der Waals surface area contributed by atoms with Gasteiger partial charge >= 0.3 is 0 Å². The SMILES string of the molecule is NC1CCC(SC2CCC(SC3CCC(N)CC3)CC2)CC1. The lowest BCUT2D eigenvalue weighted by Gasteiger charge is -2.35. The Morgan fingerprint density at radius 1 is 0.409 bits per heavy atom. The quantitative estimate of drug-likeness (QED) is 0.799. The van der Waals surface area contributed by atoms with E-state index in [1.165, 1.54) is 77.0 Å². The Labute approximate surface area is 145 Å². The first-order valence-corrected chi connectivity index (χ1v) is 11.4. The number of hydrogen-bond acceptors (Lipinski definition) is 4. The van der Waals surface area contributed by atoms with Gasteiger partial charge in [-0.1, -0.05) is 0 Å². The largest absolute Gasteiger partial charge is 0.328 e. The minimum atomic E-state index is 0.493. The highest BCUT2D eigenvalue weighted by atomic mass is 32.2. The molecule has 22 heavy (non-hydrogen) atoms. The van der Waals surface area contributed by atoms with Gasteiger partial charge in [0.15, 0.2) is 0 Å². The maximum atomic E-state index is 6.03. The van der Waals surface area contributed by atoms with E-state index in [9.17, 15) is 0 Å². The molecular formula is C18H34N2S2. The maximum Gasteiger partial charge on any atom is 0.00509 e. The van der Waals surface area contributed by atoms with Crippen LogP contribution in [0, 0.1) is 0 Å². The Hall–Kier alpha value is 0.620. The van der Waals surface area contributed by atoms with Crippen LogP contribution in [0.15, 0.2) is 0 Å². The van der Waals surface area contributed by atoms with Crippen LogP contribution in [0.25, 0.3) is 0 Å². The standard InChI is InChI=1S/C18H34N2S2/c19-13-1-5-15(6-2-13)21-17-9-11-18(12-10-17)22-16-7-3-14(20)4-8-16/h13-18H,1-12,19-20H2. The molecule has 0 bridgehead atoms. The van der Waals surface area contributed by atoms with Crippen molar-refractivity contribution >= 4 is 23.5 Å². The third kappa shape index (κ3) is 5.32. The van der Waals surface area contributed by atoms with Gasteiger partial charge in [0.2, 0.25) is 0 Å². The summed E-state index contributed by atoms with van der Waals surface area (Å²) in [5.74, 6) is 0. The fraction of sp³-hybridized carbons (Fsp3) is 1.00. The van der Waals surface area contributed by atoms with Crippen molar-refractivity contribution < 1.29 is 0 Å². The summed E-state index contributed by atoms with van der Waals surface area (Å²) in [4.78, 5) is 0. The number of hydrogen-bond donors (Lipinski definition) is 2. The maximum absolute atomic E-state index is 6.03. The fourth-order valence-corrected chi connectivity index (χ4v) is 7.56. The van der Waals surface area contributed by atoms with Crippen molar-refractivity contribution in [2.75, 3.05) is 0 Å². The lowest BCUT2D eigenvalue weighted by atomic mass is 9.96. The summed E-state index contributed by atoms with van der Waals surface area (Å²) in [6.07, 6.45) is 16.3. The van der Waals surface area contributed by atoms with Crippen LogP contribution in [0.5, 0.6) is 0 Å². The van der Waals surface area contributed by atoms with E-state index < -0.39 is 0 Å². The molecule has 0 aromatic heterocycles. The van der Waals surface area contributed by atoms with Gasteiger partial charge in [0.05, 0.1) is 0 Å². The highest BCUT2D eigenvalue weighted by molar-refractivity contribution is 8.01. The van der Waals surface area contributed by atoms with Gasteiger partial charge in [-0.05, 0) is 77.0 Å². The van der Waals surface area contributed by atoms with Gasteiger partial charge in [0, 0.05) is 33.1 Å². The predicted octanol–water partition coefficient (Wildman–Crippen LogP) is 4.30. The van der Waals surface area contributed by atoms with Gasteiger partial charge in [0.25, 0.3) is 0 Å². The summed E-state index contributed by atoms with van der Waals surface area (Å²) < 4.78 is 0. The topological polar surface area (TPSA) is 52.0 Å². The van der Waals surface area contributed by atoms with E-state index in [-0.39, 0.29) is 0 Å². The highest BCUT2D eigenvalue weighted by Crippen LogP contribution is 2.42. The molecule has 2 nitrogen and oxygen atoms in total. The zero-order valence-electron chi connectivity index (χ0n) is 13.9. The normalized spacial score (nSPS) is 43.9. The van der Waals surface area contributed by atoms with Crippen molar-refractivity contribution in [3.05, 3.63) is 0 Å². The van der Waals surface area contributed by atoms with Crippen molar-refractivity contribution in [1.82, 2.24) is 0 Å². The van der Waals surface area contributed by atoms with Crippen LogP contribution in [-0.2, 0) is 0 Å². The minimum absolute atomic E-state index is 0.493. The van der Waals surface area contributed by atoms with E-state index in [4.69, 9.17) is 11.5 Å². The Bertz CT molecular complexity index is 283.